The third-order valence-corrected chi connectivity index (χ3v) is 2.17. The highest BCUT2D eigenvalue weighted by Crippen LogP contribution is 2.32. The molecule has 0 amide bonds. The maximum atomic E-state index is 12.5. The Kier molecular flexibility index (Phi) is 3.44. The van der Waals surface area contributed by atoms with Gasteiger partial charge in [0.25, 0.3) is 0 Å². The van der Waals surface area contributed by atoms with Gasteiger partial charge in [-0.2, -0.15) is 18.4 Å². The largest absolute Gasteiger partial charge is 0.419 e. The van der Waals surface area contributed by atoms with Crippen molar-refractivity contribution < 1.29 is 13.2 Å². The molecule has 0 aliphatic carbocycles. The Morgan fingerprint density at radius 2 is 2.19 bits per heavy atom. The Bertz CT molecular complexity index is 450. The minimum atomic E-state index is -4.60. The number of halogens is 3. The van der Waals surface area contributed by atoms with Crippen LogP contribution < -0.4 is 4.90 Å². The van der Waals surface area contributed by atoms with Crippen molar-refractivity contribution in [2.24, 2.45) is 0 Å². The molecule has 0 aliphatic rings. The van der Waals surface area contributed by atoms with Crippen molar-refractivity contribution in [3.63, 3.8) is 0 Å². The van der Waals surface area contributed by atoms with E-state index in [1.54, 1.807) is 0 Å². The second-order valence-electron chi connectivity index (χ2n) is 2.92. The minimum absolute atomic E-state index is 0.182. The van der Waals surface area contributed by atoms with Gasteiger partial charge in [-0.3, -0.25) is 0 Å². The number of rotatable bonds is 2. The fraction of sp³-hybridized carbons (Fsp3) is 0.222. The Labute approximate surface area is 95.1 Å². The Morgan fingerprint density at radius 1 is 1.56 bits per heavy atom. The smallest absolute Gasteiger partial charge is 0.340 e. The molecule has 7 heteroatoms. The Hall–Kier alpha value is -1.68. The van der Waals surface area contributed by atoms with Gasteiger partial charge in [0.2, 0.25) is 0 Å². The molecule has 0 radical (unpaired) electrons. The number of alkyl halides is 3. The summed E-state index contributed by atoms with van der Waals surface area (Å²) in [6, 6.07) is 2.24. The summed E-state index contributed by atoms with van der Waals surface area (Å²) in [5, 5.41) is 8.51. The van der Waals surface area contributed by atoms with Crippen molar-refractivity contribution in [3.8, 4) is 6.07 Å². The molecular weight excluding hydrogens is 239 g/mol. The highest BCUT2D eigenvalue weighted by molar-refractivity contribution is 7.79. The SMILES string of the molecule is CN(C=S)c1cnc(C#N)c(C(F)(F)F)c1. The molecule has 0 saturated carbocycles. The molecule has 1 heterocycles. The summed E-state index contributed by atoms with van der Waals surface area (Å²) in [5.41, 5.74) is -0.338. The van der Waals surface area contributed by atoms with Crippen LogP contribution in [0.1, 0.15) is 11.3 Å². The number of nitriles is 1. The van der Waals surface area contributed by atoms with E-state index in [2.05, 4.69) is 17.2 Å². The molecule has 0 bridgehead atoms. The summed E-state index contributed by atoms with van der Waals surface area (Å²) >= 11 is 4.58. The summed E-state index contributed by atoms with van der Waals surface area (Å²) in [6.45, 7) is 0. The number of thiocarbonyl (C=S) groups is 1. The Balaban J connectivity index is 3.34. The van der Waals surface area contributed by atoms with E-state index < -0.39 is 17.4 Å². The quantitative estimate of drug-likeness (QED) is 0.750. The topological polar surface area (TPSA) is 39.9 Å². The molecule has 1 aromatic heterocycles. The molecule has 1 aromatic rings. The van der Waals surface area contributed by atoms with E-state index in [9.17, 15) is 13.2 Å². The second-order valence-corrected chi connectivity index (χ2v) is 3.13. The molecular formula is C9H6F3N3S. The summed E-state index contributed by atoms with van der Waals surface area (Å²) in [7, 11) is 1.50. The van der Waals surface area contributed by atoms with Gasteiger partial charge >= 0.3 is 6.18 Å². The molecule has 0 spiro atoms. The number of hydrogen-bond donors (Lipinski definition) is 0. The standard InChI is InChI=1S/C9H6F3N3S/c1-15(5-16)6-2-7(9(10,11)12)8(3-13)14-4-6/h2,4-5H,1H3. The molecule has 16 heavy (non-hydrogen) atoms. The molecule has 0 saturated heterocycles. The lowest BCUT2D eigenvalue weighted by molar-refractivity contribution is -0.138. The maximum Gasteiger partial charge on any atom is 0.419 e. The van der Waals surface area contributed by atoms with Crippen molar-refractivity contribution in [2.75, 3.05) is 11.9 Å². The van der Waals surface area contributed by atoms with E-state index in [0.29, 0.717) is 0 Å². The molecule has 1 rings (SSSR count). The average Bonchev–Trinajstić information content (AvgIpc) is 2.26. The van der Waals surface area contributed by atoms with Gasteiger partial charge < -0.3 is 4.90 Å². The van der Waals surface area contributed by atoms with E-state index in [0.717, 1.165) is 12.3 Å². The van der Waals surface area contributed by atoms with Crippen molar-refractivity contribution in [1.29, 1.82) is 5.26 Å². The highest BCUT2D eigenvalue weighted by atomic mass is 32.1. The summed E-state index contributed by atoms with van der Waals surface area (Å²) in [4.78, 5) is 4.75. The van der Waals surface area contributed by atoms with Gasteiger partial charge in [-0.1, -0.05) is 12.2 Å². The van der Waals surface area contributed by atoms with Crippen LogP contribution >= 0.6 is 12.2 Å². The molecule has 84 valence electrons. The summed E-state index contributed by atoms with van der Waals surface area (Å²) in [5.74, 6) is 0. The van der Waals surface area contributed by atoms with E-state index in [1.807, 2.05) is 0 Å². The lowest BCUT2D eigenvalue weighted by Crippen LogP contribution is -2.16. The first-order chi connectivity index (χ1) is 7.40. The normalized spacial score (nSPS) is 10.7. The van der Waals surface area contributed by atoms with Crippen LogP contribution in [-0.2, 0) is 6.18 Å². The number of hydrogen-bond acceptors (Lipinski definition) is 3. The predicted octanol–water partition coefficient (Wildman–Crippen LogP) is 2.37. The van der Waals surface area contributed by atoms with Crippen LogP contribution in [0, 0.1) is 11.3 Å². The minimum Gasteiger partial charge on any atom is -0.340 e. The molecule has 0 aromatic carbocycles. The van der Waals surface area contributed by atoms with E-state index in [4.69, 9.17) is 5.26 Å². The average molecular weight is 245 g/mol. The number of nitrogens with zero attached hydrogens (tertiary/aromatic N) is 3. The molecule has 0 fully saturated rings. The van der Waals surface area contributed by atoms with Gasteiger partial charge in [-0.15, -0.1) is 0 Å². The van der Waals surface area contributed by atoms with E-state index in [1.165, 1.54) is 23.5 Å². The zero-order chi connectivity index (χ0) is 12.3. The van der Waals surface area contributed by atoms with E-state index >= 15 is 0 Å². The highest BCUT2D eigenvalue weighted by Gasteiger charge is 2.34. The number of pyridine rings is 1. The predicted molar refractivity (Wildman–Crippen MR) is 56.0 cm³/mol. The van der Waals surface area contributed by atoms with Crippen LogP contribution in [0.5, 0.6) is 0 Å². The van der Waals surface area contributed by atoms with Crippen LogP contribution in [0.25, 0.3) is 0 Å². The Morgan fingerprint density at radius 3 is 2.62 bits per heavy atom. The number of anilines is 1. The van der Waals surface area contributed by atoms with Crippen LogP contribution in [-0.4, -0.2) is 17.5 Å². The van der Waals surface area contributed by atoms with Crippen LogP contribution in [0.15, 0.2) is 12.3 Å². The number of aromatic nitrogens is 1. The van der Waals surface area contributed by atoms with Crippen LogP contribution in [0.4, 0.5) is 18.9 Å². The van der Waals surface area contributed by atoms with Gasteiger partial charge in [0.1, 0.15) is 6.07 Å². The fourth-order valence-corrected chi connectivity index (χ4v) is 1.13. The monoisotopic (exact) mass is 245 g/mol. The molecule has 3 nitrogen and oxygen atoms in total. The first kappa shape index (κ1) is 12.4. The third-order valence-electron chi connectivity index (χ3n) is 1.85. The second kappa shape index (κ2) is 4.45. The summed E-state index contributed by atoms with van der Waals surface area (Å²) < 4.78 is 37.6. The van der Waals surface area contributed by atoms with Crippen molar-refractivity contribution in [2.45, 2.75) is 6.18 Å². The third kappa shape index (κ3) is 2.46. The first-order valence-electron chi connectivity index (χ1n) is 4.05. The lowest BCUT2D eigenvalue weighted by Gasteiger charge is -2.15. The molecule has 0 unspecified atom stereocenters. The van der Waals surface area contributed by atoms with Gasteiger partial charge in [0.15, 0.2) is 5.69 Å². The zero-order valence-corrected chi connectivity index (χ0v) is 8.93. The van der Waals surface area contributed by atoms with Crippen LogP contribution in [0.2, 0.25) is 0 Å². The molecule has 0 aliphatic heterocycles. The first-order valence-corrected chi connectivity index (χ1v) is 4.52. The zero-order valence-electron chi connectivity index (χ0n) is 8.12. The fourth-order valence-electron chi connectivity index (χ4n) is 1.01. The summed E-state index contributed by atoms with van der Waals surface area (Å²) in [6.07, 6.45) is -3.44. The maximum absolute atomic E-state index is 12.5. The van der Waals surface area contributed by atoms with Gasteiger partial charge in [0.05, 0.1) is 22.9 Å². The van der Waals surface area contributed by atoms with Gasteiger partial charge in [-0.25, -0.2) is 4.98 Å². The molecule has 0 N–H and O–H groups in total. The lowest BCUT2D eigenvalue weighted by atomic mass is 10.2. The van der Waals surface area contributed by atoms with Gasteiger partial charge in [0, 0.05) is 7.05 Å². The van der Waals surface area contributed by atoms with Gasteiger partial charge in [-0.05, 0) is 6.07 Å². The van der Waals surface area contributed by atoms with E-state index in [-0.39, 0.29) is 5.69 Å². The van der Waals surface area contributed by atoms with Crippen molar-refractivity contribution >= 4 is 23.4 Å². The molecule has 0 atom stereocenters. The van der Waals surface area contributed by atoms with Crippen molar-refractivity contribution in [3.05, 3.63) is 23.5 Å². The van der Waals surface area contributed by atoms with Crippen molar-refractivity contribution in [1.82, 2.24) is 4.98 Å². The van der Waals surface area contributed by atoms with Crippen LogP contribution in [0.3, 0.4) is 0 Å².